The van der Waals surface area contributed by atoms with Crippen molar-refractivity contribution in [1.29, 1.82) is 0 Å². The SMILES string of the molecule is COC(=O)c1c(I)ccn(C)c1=O. The molecule has 0 aromatic carbocycles. The van der Waals surface area contributed by atoms with Gasteiger partial charge in [-0.05, 0) is 28.7 Å². The van der Waals surface area contributed by atoms with Gasteiger partial charge in [0.05, 0.1) is 7.11 Å². The molecule has 1 aromatic heterocycles. The highest BCUT2D eigenvalue weighted by Gasteiger charge is 2.15. The standard InChI is InChI=1S/C8H8INO3/c1-10-4-3-5(9)6(7(10)11)8(12)13-2/h3-4H,1-2H3. The van der Waals surface area contributed by atoms with Crippen LogP contribution < -0.4 is 5.56 Å². The van der Waals surface area contributed by atoms with Crippen molar-refractivity contribution in [2.24, 2.45) is 7.05 Å². The molecule has 0 aliphatic carbocycles. The Balaban J connectivity index is 3.43. The van der Waals surface area contributed by atoms with Crippen molar-refractivity contribution in [1.82, 2.24) is 4.57 Å². The molecular weight excluding hydrogens is 285 g/mol. The molecule has 13 heavy (non-hydrogen) atoms. The number of rotatable bonds is 1. The van der Waals surface area contributed by atoms with Crippen molar-refractivity contribution < 1.29 is 9.53 Å². The Hall–Kier alpha value is -0.850. The van der Waals surface area contributed by atoms with E-state index in [4.69, 9.17) is 0 Å². The van der Waals surface area contributed by atoms with Gasteiger partial charge in [-0.15, -0.1) is 0 Å². The molecule has 0 bridgehead atoms. The maximum absolute atomic E-state index is 11.4. The van der Waals surface area contributed by atoms with E-state index in [1.807, 2.05) is 22.6 Å². The topological polar surface area (TPSA) is 48.3 Å². The molecule has 0 saturated heterocycles. The number of hydrogen-bond donors (Lipinski definition) is 0. The normalized spacial score (nSPS) is 9.77. The number of carbonyl (C=O) groups excluding carboxylic acids is 1. The number of carbonyl (C=O) groups is 1. The van der Waals surface area contributed by atoms with Gasteiger partial charge in [-0.25, -0.2) is 4.79 Å². The van der Waals surface area contributed by atoms with Gasteiger partial charge < -0.3 is 9.30 Å². The van der Waals surface area contributed by atoms with E-state index >= 15 is 0 Å². The number of pyridine rings is 1. The number of esters is 1. The Morgan fingerprint density at radius 1 is 1.62 bits per heavy atom. The molecule has 0 radical (unpaired) electrons. The minimum Gasteiger partial charge on any atom is -0.465 e. The first-order chi connectivity index (χ1) is 6.07. The van der Waals surface area contributed by atoms with Crippen LogP contribution >= 0.6 is 22.6 Å². The molecule has 70 valence electrons. The van der Waals surface area contributed by atoms with Gasteiger partial charge in [-0.2, -0.15) is 0 Å². The number of hydrogen-bond acceptors (Lipinski definition) is 3. The zero-order valence-corrected chi connectivity index (χ0v) is 9.36. The van der Waals surface area contributed by atoms with E-state index in [1.54, 1.807) is 19.3 Å². The molecule has 0 amide bonds. The van der Waals surface area contributed by atoms with Crippen molar-refractivity contribution in [3.05, 3.63) is 31.8 Å². The molecule has 0 N–H and O–H groups in total. The van der Waals surface area contributed by atoms with Crippen molar-refractivity contribution in [2.75, 3.05) is 7.11 Å². The average molecular weight is 293 g/mol. The van der Waals surface area contributed by atoms with E-state index in [2.05, 4.69) is 4.74 Å². The van der Waals surface area contributed by atoms with Crippen LogP contribution in [0.25, 0.3) is 0 Å². The predicted octanol–water partition coefficient (Wildman–Crippen LogP) is 0.776. The second-order valence-electron chi connectivity index (χ2n) is 2.45. The summed E-state index contributed by atoms with van der Waals surface area (Å²) in [6.07, 6.45) is 1.61. The van der Waals surface area contributed by atoms with Crippen LogP contribution in [0.5, 0.6) is 0 Å². The van der Waals surface area contributed by atoms with Gasteiger partial charge in [0, 0.05) is 16.8 Å². The van der Waals surface area contributed by atoms with Crippen LogP contribution in [0.15, 0.2) is 17.1 Å². The van der Waals surface area contributed by atoms with E-state index in [0.717, 1.165) is 0 Å². The highest BCUT2D eigenvalue weighted by molar-refractivity contribution is 14.1. The first-order valence-electron chi connectivity index (χ1n) is 3.51. The lowest BCUT2D eigenvalue weighted by molar-refractivity contribution is 0.0597. The quantitative estimate of drug-likeness (QED) is 0.568. The summed E-state index contributed by atoms with van der Waals surface area (Å²) in [6.45, 7) is 0. The second-order valence-corrected chi connectivity index (χ2v) is 3.61. The summed E-state index contributed by atoms with van der Waals surface area (Å²) in [6, 6.07) is 1.69. The van der Waals surface area contributed by atoms with Gasteiger partial charge in [0.15, 0.2) is 0 Å². The first-order valence-corrected chi connectivity index (χ1v) is 4.59. The second kappa shape index (κ2) is 3.91. The van der Waals surface area contributed by atoms with Gasteiger partial charge in [0.1, 0.15) is 5.56 Å². The predicted molar refractivity (Wildman–Crippen MR) is 55.7 cm³/mol. The number of ether oxygens (including phenoxy) is 1. The van der Waals surface area contributed by atoms with Gasteiger partial charge in [0.25, 0.3) is 5.56 Å². The van der Waals surface area contributed by atoms with Crippen molar-refractivity contribution >= 4 is 28.6 Å². The first kappa shape index (κ1) is 10.2. The Morgan fingerprint density at radius 2 is 2.23 bits per heavy atom. The van der Waals surface area contributed by atoms with E-state index < -0.39 is 5.97 Å². The third kappa shape index (κ3) is 1.90. The third-order valence-corrected chi connectivity index (χ3v) is 2.51. The fourth-order valence-electron chi connectivity index (χ4n) is 0.894. The summed E-state index contributed by atoms with van der Waals surface area (Å²) < 4.78 is 6.44. The van der Waals surface area contributed by atoms with Gasteiger partial charge in [0.2, 0.25) is 0 Å². The molecule has 0 spiro atoms. The Kier molecular flexibility index (Phi) is 3.07. The zero-order valence-electron chi connectivity index (χ0n) is 7.20. The van der Waals surface area contributed by atoms with Crippen LogP contribution in [0, 0.1) is 3.57 Å². The van der Waals surface area contributed by atoms with Gasteiger partial charge >= 0.3 is 5.97 Å². The molecule has 0 saturated carbocycles. The largest absolute Gasteiger partial charge is 0.465 e. The lowest BCUT2D eigenvalue weighted by Crippen LogP contribution is -2.25. The average Bonchev–Trinajstić information content (AvgIpc) is 2.12. The molecule has 0 aliphatic heterocycles. The van der Waals surface area contributed by atoms with Crippen LogP contribution in [0.2, 0.25) is 0 Å². The summed E-state index contributed by atoms with van der Waals surface area (Å²) in [5.74, 6) is -0.592. The van der Waals surface area contributed by atoms with Crippen molar-refractivity contribution in [3.8, 4) is 0 Å². The maximum atomic E-state index is 11.4. The summed E-state index contributed by atoms with van der Waals surface area (Å²) in [7, 11) is 2.84. The molecule has 0 unspecified atom stereocenters. The lowest BCUT2D eigenvalue weighted by atomic mass is 10.3. The minimum atomic E-state index is -0.592. The Labute approximate surface area is 88.7 Å². The van der Waals surface area contributed by atoms with Crippen LogP contribution in [0.4, 0.5) is 0 Å². The Bertz CT molecular complexity index is 397. The lowest BCUT2D eigenvalue weighted by Gasteiger charge is -2.03. The minimum absolute atomic E-state index is 0.0908. The molecule has 0 atom stereocenters. The Morgan fingerprint density at radius 3 is 2.77 bits per heavy atom. The maximum Gasteiger partial charge on any atom is 0.344 e. The summed E-state index contributed by atoms with van der Waals surface area (Å²) in [5, 5.41) is 0. The number of nitrogens with zero attached hydrogens (tertiary/aromatic N) is 1. The molecule has 5 heteroatoms. The monoisotopic (exact) mass is 293 g/mol. The van der Waals surface area contributed by atoms with Crippen molar-refractivity contribution in [3.63, 3.8) is 0 Å². The zero-order chi connectivity index (χ0) is 10.0. The third-order valence-electron chi connectivity index (χ3n) is 1.61. The molecule has 0 aliphatic rings. The highest BCUT2D eigenvalue weighted by atomic mass is 127. The highest BCUT2D eigenvalue weighted by Crippen LogP contribution is 2.07. The van der Waals surface area contributed by atoms with E-state index in [1.165, 1.54) is 11.7 Å². The molecule has 0 fully saturated rings. The number of halogens is 1. The van der Waals surface area contributed by atoms with Crippen molar-refractivity contribution in [2.45, 2.75) is 0 Å². The van der Waals surface area contributed by atoms with E-state index in [0.29, 0.717) is 3.57 Å². The summed E-state index contributed by atoms with van der Waals surface area (Å²) in [4.78, 5) is 22.6. The summed E-state index contributed by atoms with van der Waals surface area (Å²) >= 11 is 1.93. The number of aromatic nitrogens is 1. The van der Waals surface area contributed by atoms with E-state index in [9.17, 15) is 9.59 Å². The van der Waals surface area contributed by atoms with Crippen LogP contribution in [0.3, 0.4) is 0 Å². The number of aryl methyl sites for hydroxylation is 1. The summed E-state index contributed by atoms with van der Waals surface area (Å²) in [5.41, 5.74) is -0.244. The molecular formula is C8H8INO3. The smallest absolute Gasteiger partial charge is 0.344 e. The molecule has 1 rings (SSSR count). The fraction of sp³-hybridized carbons (Fsp3) is 0.250. The molecule has 1 aromatic rings. The molecule has 4 nitrogen and oxygen atoms in total. The van der Waals surface area contributed by atoms with E-state index in [-0.39, 0.29) is 11.1 Å². The van der Waals surface area contributed by atoms with Crippen LogP contribution in [0.1, 0.15) is 10.4 Å². The van der Waals surface area contributed by atoms with Crippen LogP contribution in [-0.4, -0.2) is 17.6 Å². The number of methoxy groups -OCH3 is 1. The fourth-order valence-corrected chi connectivity index (χ4v) is 1.51. The molecule has 1 heterocycles. The van der Waals surface area contributed by atoms with Crippen LogP contribution in [-0.2, 0) is 11.8 Å². The van der Waals surface area contributed by atoms with Gasteiger partial charge in [-0.1, -0.05) is 0 Å². The van der Waals surface area contributed by atoms with Gasteiger partial charge in [-0.3, -0.25) is 4.79 Å².